The number of amides is 1. The first kappa shape index (κ1) is 22.4. The number of thioether (sulfide) groups is 1. The zero-order valence-corrected chi connectivity index (χ0v) is 18.1. The highest BCUT2D eigenvalue weighted by molar-refractivity contribution is 7.98. The molecule has 0 spiro atoms. The van der Waals surface area contributed by atoms with Crippen molar-refractivity contribution >= 4 is 23.4 Å². The highest BCUT2D eigenvalue weighted by Gasteiger charge is 2.22. The van der Waals surface area contributed by atoms with E-state index in [4.69, 9.17) is 0 Å². The Hall–Kier alpha value is -3.27. The molecule has 0 unspecified atom stereocenters. The van der Waals surface area contributed by atoms with Gasteiger partial charge in [-0.2, -0.15) is 0 Å². The summed E-state index contributed by atoms with van der Waals surface area (Å²) in [5.74, 6) is 0.582. The number of non-ortho nitro benzene ring substituents is 1. The predicted octanol–water partition coefficient (Wildman–Crippen LogP) is 4.27. The van der Waals surface area contributed by atoms with Gasteiger partial charge in [-0.3, -0.25) is 19.5 Å². The molecule has 0 radical (unpaired) electrons. The van der Waals surface area contributed by atoms with E-state index in [-0.39, 0.29) is 24.0 Å². The van der Waals surface area contributed by atoms with E-state index in [2.05, 4.69) is 15.5 Å². The van der Waals surface area contributed by atoms with Crippen molar-refractivity contribution < 1.29 is 14.1 Å². The fraction of sp³-hybridized carbons (Fsp3) is 0.286. The highest BCUT2D eigenvalue weighted by Crippen LogP contribution is 2.26. The molecule has 0 saturated heterocycles. The Labute approximate surface area is 183 Å². The molecule has 2 aromatic carbocycles. The zero-order valence-electron chi connectivity index (χ0n) is 17.3. The normalized spacial score (nSPS) is 11.4. The molecule has 0 aliphatic carbocycles. The van der Waals surface area contributed by atoms with Crippen LogP contribution in [0.15, 0.2) is 53.7 Å². The molecule has 0 saturated carbocycles. The second-order valence-electron chi connectivity index (χ2n) is 7.86. The molecule has 0 aliphatic heterocycles. The van der Waals surface area contributed by atoms with Gasteiger partial charge in [-0.15, -0.1) is 10.2 Å². The topological polar surface area (TPSA) is 103 Å². The minimum absolute atomic E-state index is 0.0278. The summed E-state index contributed by atoms with van der Waals surface area (Å²) in [6.45, 7) is 5.59. The SMILES string of the molecule is CC(C)(C)C(=O)NCc1nnc(SCc2ccc(F)cc2)n1-c1ccc([N+](=O)[O-])cc1. The first-order valence-corrected chi connectivity index (χ1v) is 10.5. The van der Waals surface area contributed by atoms with E-state index in [9.17, 15) is 19.3 Å². The summed E-state index contributed by atoms with van der Waals surface area (Å²) in [4.78, 5) is 22.8. The second kappa shape index (κ2) is 9.25. The first-order chi connectivity index (χ1) is 14.6. The van der Waals surface area contributed by atoms with Crippen LogP contribution in [-0.4, -0.2) is 25.6 Å². The fourth-order valence-electron chi connectivity index (χ4n) is 2.64. The lowest BCUT2D eigenvalue weighted by Crippen LogP contribution is -2.35. The monoisotopic (exact) mass is 443 g/mol. The van der Waals surface area contributed by atoms with E-state index in [1.54, 1.807) is 28.8 Å². The van der Waals surface area contributed by atoms with E-state index in [0.29, 0.717) is 22.4 Å². The number of nitro benzene ring substituents is 1. The fourth-order valence-corrected chi connectivity index (χ4v) is 3.57. The van der Waals surface area contributed by atoms with Gasteiger partial charge >= 0.3 is 0 Å². The number of nitro groups is 1. The third-order valence-electron chi connectivity index (χ3n) is 4.39. The summed E-state index contributed by atoms with van der Waals surface area (Å²) in [5.41, 5.74) is 0.961. The van der Waals surface area contributed by atoms with Crippen LogP contribution in [0, 0.1) is 21.3 Å². The van der Waals surface area contributed by atoms with Crippen molar-refractivity contribution in [2.75, 3.05) is 0 Å². The Balaban J connectivity index is 1.88. The average Bonchev–Trinajstić information content (AvgIpc) is 3.13. The van der Waals surface area contributed by atoms with Gasteiger partial charge in [-0.05, 0) is 29.8 Å². The molecule has 0 atom stereocenters. The Morgan fingerprint density at radius 3 is 2.35 bits per heavy atom. The molecule has 10 heteroatoms. The maximum absolute atomic E-state index is 13.1. The van der Waals surface area contributed by atoms with Crippen LogP contribution in [0.1, 0.15) is 32.2 Å². The quantitative estimate of drug-likeness (QED) is 0.332. The van der Waals surface area contributed by atoms with E-state index < -0.39 is 10.3 Å². The van der Waals surface area contributed by atoms with E-state index >= 15 is 0 Å². The van der Waals surface area contributed by atoms with Crippen LogP contribution in [0.25, 0.3) is 5.69 Å². The molecule has 0 aliphatic rings. The molecular formula is C21H22FN5O3S. The molecule has 162 valence electrons. The Bertz CT molecular complexity index is 1080. The smallest absolute Gasteiger partial charge is 0.269 e. The summed E-state index contributed by atoms with van der Waals surface area (Å²) in [6, 6.07) is 12.2. The van der Waals surface area contributed by atoms with Crippen LogP contribution < -0.4 is 5.32 Å². The third kappa shape index (κ3) is 5.66. The minimum atomic E-state index is -0.557. The Morgan fingerprint density at radius 2 is 1.77 bits per heavy atom. The number of carbonyl (C=O) groups is 1. The van der Waals surface area contributed by atoms with Crippen LogP contribution in [0.5, 0.6) is 0 Å². The lowest BCUT2D eigenvalue weighted by molar-refractivity contribution is -0.384. The summed E-state index contributed by atoms with van der Waals surface area (Å²) in [7, 11) is 0. The maximum atomic E-state index is 13.1. The number of nitrogens with one attached hydrogen (secondary N) is 1. The molecule has 3 aromatic rings. The van der Waals surface area contributed by atoms with Gasteiger partial charge in [0.1, 0.15) is 5.82 Å². The van der Waals surface area contributed by atoms with Crippen molar-refractivity contribution in [3.8, 4) is 5.69 Å². The van der Waals surface area contributed by atoms with Gasteiger partial charge in [0.15, 0.2) is 11.0 Å². The summed E-state index contributed by atoms with van der Waals surface area (Å²) in [6.07, 6.45) is 0. The molecule has 8 nitrogen and oxygen atoms in total. The van der Waals surface area contributed by atoms with Gasteiger partial charge in [0.05, 0.1) is 11.5 Å². The molecular weight excluding hydrogens is 421 g/mol. The van der Waals surface area contributed by atoms with E-state index in [0.717, 1.165) is 5.56 Å². The highest BCUT2D eigenvalue weighted by atomic mass is 32.2. The number of hydrogen-bond acceptors (Lipinski definition) is 6. The second-order valence-corrected chi connectivity index (χ2v) is 8.80. The molecule has 1 N–H and O–H groups in total. The van der Waals surface area contributed by atoms with E-state index in [1.807, 2.05) is 20.8 Å². The summed E-state index contributed by atoms with van der Waals surface area (Å²) in [5, 5.41) is 22.8. The largest absolute Gasteiger partial charge is 0.348 e. The van der Waals surface area contributed by atoms with Crippen LogP contribution in [-0.2, 0) is 17.1 Å². The molecule has 1 heterocycles. The zero-order chi connectivity index (χ0) is 22.6. The first-order valence-electron chi connectivity index (χ1n) is 9.50. The van der Waals surface area contributed by atoms with Crippen LogP contribution in [0.4, 0.5) is 10.1 Å². The molecule has 1 amide bonds. The predicted molar refractivity (Wildman–Crippen MR) is 115 cm³/mol. The molecule has 31 heavy (non-hydrogen) atoms. The van der Waals surface area contributed by atoms with Crippen molar-refractivity contribution in [2.45, 2.75) is 38.2 Å². The standard InChI is InChI=1S/C21H22FN5O3S/c1-21(2,3)19(28)23-12-18-24-25-20(31-13-14-4-6-15(22)7-5-14)26(18)16-8-10-17(11-9-16)27(29)30/h4-11H,12-13H2,1-3H3,(H,23,28). The number of aromatic nitrogens is 3. The number of carbonyl (C=O) groups excluding carboxylic acids is 1. The van der Waals surface area contributed by atoms with Crippen LogP contribution in [0.3, 0.4) is 0 Å². The minimum Gasteiger partial charge on any atom is -0.348 e. The van der Waals surface area contributed by atoms with E-state index in [1.165, 1.54) is 36.0 Å². The summed E-state index contributed by atoms with van der Waals surface area (Å²) < 4.78 is 14.9. The number of nitrogens with zero attached hydrogens (tertiary/aromatic N) is 4. The van der Waals surface area contributed by atoms with Gasteiger partial charge in [0.2, 0.25) is 5.91 Å². The van der Waals surface area contributed by atoms with Crippen molar-refractivity contribution in [1.29, 1.82) is 0 Å². The molecule has 0 fully saturated rings. The molecule has 3 rings (SSSR count). The van der Waals surface area contributed by atoms with Crippen molar-refractivity contribution in [1.82, 2.24) is 20.1 Å². The Morgan fingerprint density at radius 1 is 1.13 bits per heavy atom. The lowest BCUT2D eigenvalue weighted by Gasteiger charge is -2.17. The van der Waals surface area contributed by atoms with Gasteiger partial charge in [-0.25, -0.2) is 4.39 Å². The Kier molecular flexibility index (Phi) is 6.69. The third-order valence-corrected chi connectivity index (χ3v) is 5.39. The molecule has 1 aromatic heterocycles. The average molecular weight is 444 g/mol. The van der Waals surface area contributed by atoms with Gasteiger partial charge in [0, 0.05) is 29.0 Å². The van der Waals surface area contributed by atoms with Crippen molar-refractivity contribution in [3.63, 3.8) is 0 Å². The van der Waals surface area contributed by atoms with Crippen LogP contribution >= 0.6 is 11.8 Å². The van der Waals surface area contributed by atoms with Gasteiger partial charge < -0.3 is 5.32 Å². The number of halogens is 1. The van der Waals surface area contributed by atoms with Gasteiger partial charge in [0.25, 0.3) is 5.69 Å². The lowest BCUT2D eigenvalue weighted by atomic mass is 9.96. The van der Waals surface area contributed by atoms with Gasteiger partial charge in [-0.1, -0.05) is 44.7 Å². The van der Waals surface area contributed by atoms with Crippen molar-refractivity contribution in [3.05, 3.63) is 75.9 Å². The number of rotatable bonds is 7. The molecule has 0 bridgehead atoms. The van der Waals surface area contributed by atoms with Crippen LogP contribution in [0.2, 0.25) is 0 Å². The number of hydrogen-bond donors (Lipinski definition) is 1. The maximum Gasteiger partial charge on any atom is 0.269 e. The van der Waals surface area contributed by atoms with Crippen molar-refractivity contribution in [2.24, 2.45) is 5.41 Å². The summed E-state index contributed by atoms with van der Waals surface area (Å²) >= 11 is 1.39. The number of benzene rings is 2.